The van der Waals surface area contributed by atoms with Crippen molar-refractivity contribution in [2.45, 2.75) is 24.4 Å². The predicted octanol–water partition coefficient (Wildman–Crippen LogP) is 2.07. The van der Waals surface area contributed by atoms with E-state index >= 15 is 0 Å². The molecule has 2 aliphatic rings. The zero-order valence-electron chi connectivity index (χ0n) is 18.8. The maximum absolute atomic E-state index is 12.8. The zero-order valence-corrected chi connectivity index (χ0v) is 18.8. The number of aliphatic hydroxyl groups is 2. The normalized spacial score (nSPS) is 22.5. The average molecular weight is 498 g/mol. The third-order valence-corrected chi connectivity index (χ3v) is 6.08. The van der Waals surface area contributed by atoms with Crippen molar-refractivity contribution in [1.29, 1.82) is 0 Å². The minimum absolute atomic E-state index is 0.0412. The molecule has 5 rings (SSSR count). The Labute approximate surface area is 203 Å². The Balaban J connectivity index is 1.53. The van der Waals surface area contributed by atoms with Crippen molar-refractivity contribution in [3.8, 4) is 46.0 Å². The van der Waals surface area contributed by atoms with E-state index in [-0.39, 0.29) is 45.6 Å². The number of ketones is 1. The highest BCUT2D eigenvalue weighted by atomic mass is 16.6. The Bertz CT molecular complexity index is 1350. The summed E-state index contributed by atoms with van der Waals surface area (Å²) in [5.41, 5.74) is 0.377. The number of fused-ring (bicyclic) bond motifs is 2. The van der Waals surface area contributed by atoms with Crippen LogP contribution in [0, 0.1) is 0 Å². The molecule has 0 saturated carbocycles. The fourth-order valence-electron chi connectivity index (χ4n) is 4.36. The Morgan fingerprint density at radius 2 is 1.58 bits per heavy atom. The lowest BCUT2D eigenvalue weighted by Gasteiger charge is -2.35. The van der Waals surface area contributed by atoms with Crippen LogP contribution in [0.4, 0.5) is 0 Å². The number of phenolic OH excluding ortho intramolecular Hbond substituents is 4. The number of Topliss-reactive ketones (excluding diaryl/α,β-unsaturated/α-hetero) is 1. The van der Waals surface area contributed by atoms with Crippen LogP contribution in [-0.4, -0.2) is 62.3 Å². The molecular weight excluding hydrogens is 476 g/mol. The fourth-order valence-corrected chi connectivity index (χ4v) is 4.36. The van der Waals surface area contributed by atoms with Gasteiger partial charge in [0.1, 0.15) is 22.8 Å². The van der Waals surface area contributed by atoms with Gasteiger partial charge in [0.15, 0.2) is 47.4 Å². The second-order valence-electron chi connectivity index (χ2n) is 8.36. The lowest BCUT2D eigenvalue weighted by atomic mass is 9.92. The van der Waals surface area contributed by atoms with Crippen LogP contribution in [0.1, 0.15) is 33.7 Å². The van der Waals surface area contributed by atoms with E-state index in [4.69, 9.17) is 18.9 Å². The maximum atomic E-state index is 12.8. The topological polar surface area (TPSA) is 175 Å². The Hall–Kier alpha value is -4.35. The van der Waals surface area contributed by atoms with Crippen molar-refractivity contribution >= 4 is 5.78 Å². The van der Waals surface area contributed by atoms with Gasteiger partial charge < -0.3 is 49.6 Å². The number of aromatic hydroxyl groups is 4. The molecular formula is C25H22O11. The van der Waals surface area contributed by atoms with Crippen LogP contribution in [0.25, 0.3) is 0 Å². The SMILES string of the molecule is COc1cc([C@H]2Oc3cc([C@H]4Oc5cc(O)cc(O)c5C(=O)[C@@H]4O)cc(O)c3O[C@@H]2CO)ccc1O. The van der Waals surface area contributed by atoms with Crippen LogP contribution in [0.2, 0.25) is 0 Å². The van der Waals surface area contributed by atoms with Crippen LogP contribution in [0.15, 0.2) is 42.5 Å². The van der Waals surface area contributed by atoms with Gasteiger partial charge in [-0.05, 0) is 24.3 Å². The third kappa shape index (κ3) is 3.74. The molecule has 11 heteroatoms. The number of hydrogen-bond acceptors (Lipinski definition) is 11. The Kier molecular flexibility index (Phi) is 5.65. The van der Waals surface area contributed by atoms with Gasteiger partial charge in [-0.25, -0.2) is 0 Å². The number of carbonyl (C=O) groups is 1. The molecule has 3 aromatic carbocycles. The molecule has 0 aliphatic carbocycles. The Morgan fingerprint density at radius 3 is 2.31 bits per heavy atom. The molecule has 0 amide bonds. The van der Waals surface area contributed by atoms with Crippen molar-refractivity contribution in [2.24, 2.45) is 0 Å². The summed E-state index contributed by atoms with van der Waals surface area (Å²) in [6.45, 7) is -0.461. The second-order valence-corrected chi connectivity index (χ2v) is 8.36. The standard InChI is InChI=1S/C25H22O11/c1-33-16-5-10(2-3-13(16)28)23-19(9-26)36-25-15(30)4-11(6-18(25)35-23)24-22(32)21(31)20-14(29)7-12(27)8-17(20)34-24/h2-8,19,22-24,26-30,32H,9H2,1H3/t19-,22+,23-,24-/m1/s1. The smallest absolute Gasteiger partial charge is 0.203 e. The molecule has 4 atom stereocenters. The molecule has 2 heterocycles. The summed E-state index contributed by atoms with van der Waals surface area (Å²) in [6.07, 6.45) is -4.84. The van der Waals surface area contributed by atoms with Crippen molar-refractivity contribution in [1.82, 2.24) is 0 Å². The third-order valence-electron chi connectivity index (χ3n) is 6.08. The van der Waals surface area contributed by atoms with Crippen LogP contribution >= 0.6 is 0 Å². The second kappa shape index (κ2) is 8.70. The molecule has 0 bridgehead atoms. The van der Waals surface area contributed by atoms with E-state index in [2.05, 4.69) is 0 Å². The average Bonchev–Trinajstić information content (AvgIpc) is 2.85. The summed E-state index contributed by atoms with van der Waals surface area (Å²) in [5, 5.41) is 60.9. The molecule has 0 saturated heterocycles. The highest BCUT2D eigenvalue weighted by molar-refractivity contribution is 6.05. The van der Waals surface area contributed by atoms with Gasteiger partial charge in [0.25, 0.3) is 0 Å². The minimum Gasteiger partial charge on any atom is -0.508 e. The maximum Gasteiger partial charge on any atom is 0.203 e. The van der Waals surface area contributed by atoms with Gasteiger partial charge in [0, 0.05) is 23.3 Å². The molecule has 6 N–H and O–H groups in total. The van der Waals surface area contributed by atoms with E-state index in [1.807, 2.05) is 0 Å². The number of ether oxygens (including phenoxy) is 4. The molecule has 0 aromatic heterocycles. The number of carbonyl (C=O) groups excluding carboxylic acids is 1. The first-order chi connectivity index (χ1) is 17.2. The summed E-state index contributed by atoms with van der Waals surface area (Å²) >= 11 is 0. The molecule has 2 aliphatic heterocycles. The van der Waals surface area contributed by atoms with Crippen LogP contribution in [0.5, 0.6) is 46.0 Å². The van der Waals surface area contributed by atoms with Gasteiger partial charge >= 0.3 is 0 Å². The van der Waals surface area contributed by atoms with Crippen molar-refractivity contribution in [3.63, 3.8) is 0 Å². The van der Waals surface area contributed by atoms with Gasteiger partial charge in [-0.2, -0.15) is 0 Å². The minimum atomic E-state index is -1.74. The van der Waals surface area contributed by atoms with Gasteiger partial charge in [0.2, 0.25) is 11.5 Å². The van der Waals surface area contributed by atoms with E-state index in [0.717, 1.165) is 12.1 Å². The van der Waals surface area contributed by atoms with Crippen LogP contribution in [0.3, 0.4) is 0 Å². The van der Waals surface area contributed by atoms with E-state index in [9.17, 15) is 35.4 Å². The molecule has 0 spiro atoms. The summed E-state index contributed by atoms with van der Waals surface area (Å²) in [4.78, 5) is 12.8. The number of methoxy groups -OCH3 is 1. The van der Waals surface area contributed by atoms with E-state index < -0.39 is 48.3 Å². The molecule has 3 aromatic rings. The van der Waals surface area contributed by atoms with Gasteiger partial charge in [-0.15, -0.1) is 0 Å². The Morgan fingerprint density at radius 1 is 0.833 bits per heavy atom. The number of aliphatic hydroxyl groups excluding tert-OH is 2. The number of rotatable bonds is 4. The van der Waals surface area contributed by atoms with Crippen molar-refractivity contribution in [3.05, 3.63) is 59.2 Å². The van der Waals surface area contributed by atoms with Crippen LogP contribution < -0.4 is 18.9 Å². The predicted molar refractivity (Wildman–Crippen MR) is 121 cm³/mol. The van der Waals surface area contributed by atoms with E-state index in [1.54, 1.807) is 6.07 Å². The fraction of sp³-hybridized carbons (Fsp3) is 0.240. The highest BCUT2D eigenvalue weighted by Gasteiger charge is 2.41. The molecule has 0 radical (unpaired) electrons. The number of phenols is 4. The van der Waals surface area contributed by atoms with Crippen LogP contribution in [-0.2, 0) is 0 Å². The molecule has 0 fully saturated rings. The molecule has 188 valence electrons. The lowest BCUT2D eigenvalue weighted by molar-refractivity contribution is -0.0148. The number of benzene rings is 3. The van der Waals surface area contributed by atoms with Crippen molar-refractivity contribution in [2.75, 3.05) is 13.7 Å². The first-order valence-electron chi connectivity index (χ1n) is 10.8. The summed E-state index contributed by atoms with van der Waals surface area (Å²) in [5.74, 6) is -2.19. The monoisotopic (exact) mass is 498 g/mol. The lowest BCUT2D eigenvalue weighted by Crippen LogP contribution is -2.37. The van der Waals surface area contributed by atoms with E-state index in [1.165, 1.54) is 31.4 Å². The quantitative estimate of drug-likeness (QED) is 0.311. The first-order valence-corrected chi connectivity index (χ1v) is 10.8. The highest BCUT2D eigenvalue weighted by Crippen LogP contribution is 2.49. The van der Waals surface area contributed by atoms with Gasteiger partial charge in [-0.3, -0.25) is 4.79 Å². The largest absolute Gasteiger partial charge is 0.508 e. The molecule has 0 unspecified atom stereocenters. The van der Waals surface area contributed by atoms with Gasteiger partial charge in [0.05, 0.1) is 13.7 Å². The van der Waals surface area contributed by atoms with Gasteiger partial charge in [-0.1, -0.05) is 6.07 Å². The van der Waals surface area contributed by atoms with Crippen molar-refractivity contribution < 1.29 is 54.4 Å². The molecule has 11 nitrogen and oxygen atoms in total. The molecule has 36 heavy (non-hydrogen) atoms. The summed E-state index contributed by atoms with van der Waals surface area (Å²) in [6, 6.07) is 9.19. The summed E-state index contributed by atoms with van der Waals surface area (Å²) in [7, 11) is 1.38. The zero-order chi connectivity index (χ0) is 25.7. The summed E-state index contributed by atoms with van der Waals surface area (Å²) < 4.78 is 22.7. The first kappa shape index (κ1) is 23.4. The number of hydrogen-bond donors (Lipinski definition) is 6. The van der Waals surface area contributed by atoms with E-state index in [0.29, 0.717) is 5.56 Å².